The number of hydrogen-bond donors (Lipinski definition) is 1. The predicted molar refractivity (Wildman–Crippen MR) is 103 cm³/mol. The Bertz CT molecular complexity index is 1040. The zero-order valence-corrected chi connectivity index (χ0v) is 15.8. The van der Waals surface area contributed by atoms with Crippen LogP contribution in [0.3, 0.4) is 0 Å². The molecule has 8 heteroatoms. The van der Waals surface area contributed by atoms with E-state index in [1.54, 1.807) is 34.7 Å². The number of halogens is 1. The maximum atomic E-state index is 12.5. The molecule has 130 valence electrons. The van der Waals surface area contributed by atoms with Crippen molar-refractivity contribution in [2.75, 3.05) is 5.32 Å². The zero-order valence-electron chi connectivity index (χ0n) is 13.4. The molecular formula is C18H13BrN4O2S. The van der Waals surface area contributed by atoms with Gasteiger partial charge in [0.1, 0.15) is 11.5 Å². The summed E-state index contributed by atoms with van der Waals surface area (Å²) in [6.07, 6.45) is 3.23. The largest absolute Gasteiger partial charge is 0.462 e. The standard InChI is InChI=1S/C18H13BrN4O2S/c19-13-5-2-1-4-12(13)10-23-16(7-8-20-23)22-17(24)14-11-26-18(21-14)15-6-3-9-25-15/h1-9,11H,10H2,(H,22,24). The summed E-state index contributed by atoms with van der Waals surface area (Å²) in [5.74, 6) is 0.972. The third kappa shape index (κ3) is 3.47. The molecule has 0 saturated heterocycles. The fourth-order valence-electron chi connectivity index (χ4n) is 2.42. The summed E-state index contributed by atoms with van der Waals surface area (Å²) in [7, 11) is 0. The average Bonchev–Trinajstić information content (AvgIpc) is 3.38. The van der Waals surface area contributed by atoms with E-state index in [9.17, 15) is 4.79 Å². The van der Waals surface area contributed by atoms with Crippen molar-refractivity contribution < 1.29 is 9.21 Å². The van der Waals surface area contributed by atoms with Crippen LogP contribution in [0.1, 0.15) is 16.1 Å². The van der Waals surface area contributed by atoms with Crippen molar-refractivity contribution in [2.24, 2.45) is 0 Å². The van der Waals surface area contributed by atoms with Crippen LogP contribution in [0.25, 0.3) is 10.8 Å². The molecule has 0 radical (unpaired) electrons. The Labute approximate surface area is 161 Å². The van der Waals surface area contributed by atoms with E-state index in [-0.39, 0.29) is 5.91 Å². The number of thiazole rings is 1. The highest BCUT2D eigenvalue weighted by Gasteiger charge is 2.15. The van der Waals surface area contributed by atoms with Crippen LogP contribution in [0.5, 0.6) is 0 Å². The Morgan fingerprint density at radius 1 is 1.23 bits per heavy atom. The van der Waals surface area contributed by atoms with E-state index >= 15 is 0 Å². The number of furan rings is 1. The van der Waals surface area contributed by atoms with Gasteiger partial charge in [0, 0.05) is 15.9 Å². The van der Waals surface area contributed by atoms with E-state index < -0.39 is 0 Å². The van der Waals surface area contributed by atoms with E-state index in [0.717, 1.165) is 10.0 Å². The molecule has 0 bridgehead atoms. The SMILES string of the molecule is O=C(Nc1ccnn1Cc1ccccc1Br)c1csc(-c2ccco2)n1. The van der Waals surface area contributed by atoms with Gasteiger partial charge in [0.15, 0.2) is 10.8 Å². The molecule has 0 atom stereocenters. The third-order valence-corrected chi connectivity index (χ3v) is 5.34. The molecule has 0 spiro atoms. The van der Waals surface area contributed by atoms with Crippen LogP contribution in [0.4, 0.5) is 5.82 Å². The zero-order chi connectivity index (χ0) is 17.9. The number of hydrogen-bond acceptors (Lipinski definition) is 5. The molecule has 0 saturated carbocycles. The quantitative estimate of drug-likeness (QED) is 0.501. The number of carbonyl (C=O) groups excluding carboxylic acids is 1. The summed E-state index contributed by atoms with van der Waals surface area (Å²) in [6, 6.07) is 13.3. The number of rotatable bonds is 5. The second kappa shape index (κ2) is 7.27. The number of carbonyl (C=O) groups is 1. The van der Waals surface area contributed by atoms with Gasteiger partial charge in [-0.3, -0.25) is 4.79 Å². The van der Waals surface area contributed by atoms with Crippen LogP contribution in [0.2, 0.25) is 0 Å². The first-order valence-corrected chi connectivity index (χ1v) is 9.44. The average molecular weight is 429 g/mol. The molecule has 4 aromatic rings. The lowest BCUT2D eigenvalue weighted by molar-refractivity contribution is 0.102. The molecule has 6 nitrogen and oxygen atoms in total. The highest BCUT2D eigenvalue weighted by Crippen LogP contribution is 2.24. The number of nitrogens with zero attached hydrogens (tertiary/aromatic N) is 3. The van der Waals surface area contributed by atoms with Crippen LogP contribution in [-0.4, -0.2) is 20.7 Å². The number of aromatic nitrogens is 3. The number of nitrogens with one attached hydrogen (secondary N) is 1. The molecule has 1 N–H and O–H groups in total. The van der Waals surface area contributed by atoms with Gasteiger partial charge >= 0.3 is 0 Å². The first-order chi connectivity index (χ1) is 12.7. The molecule has 0 aliphatic carbocycles. The van der Waals surface area contributed by atoms with E-state index in [1.165, 1.54) is 11.3 Å². The second-order valence-electron chi connectivity index (χ2n) is 5.43. The van der Waals surface area contributed by atoms with E-state index in [0.29, 0.717) is 28.8 Å². The van der Waals surface area contributed by atoms with Crippen molar-refractivity contribution in [1.29, 1.82) is 0 Å². The molecule has 3 aromatic heterocycles. The summed E-state index contributed by atoms with van der Waals surface area (Å²) in [5.41, 5.74) is 1.41. The molecule has 3 heterocycles. The van der Waals surface area contributed by atoms with Gasteiger partial charge in [-0.2, -0.15) is 5.10 Å². The molecule has 26 heavy (non-hydrogen) atoms. The lowest BCUT2D eigenvalue weighted by atomic mass is 10.2. The minimum atomic E-state index is -0.284. The summed E-state index contributed by atoms with van der Waals surface area (Å²) in [4.78, 5) is 16.9. The fourth-order valence-corrected chi connectivity index (χ4v) is 3.60. The smallest absolute Gasteiger partial charge is 0.276 e. The van der Waals surface area contributed by atoms with E-state index in [1.807, 2.05) is 30.3 Å². The summed E-state index contributed by atoms with van der Waals surface area (Å²) >= 11 is 4.89. The molecule has 0 aliphatic rings. The van der Waals surface area contributed by atoms with Crippen molar-refractivity contribution in [1.82, 2.24) is 14.8 Å². The summed E-state index contributed by atoms with van der Waals surface area (Å²) in [5, 5.41) is 9.54. The van der Waals surface area contributed by atoms with Gasteiger partial charge in [0.2, 0.25) is 0 Å². The van der Waals surface area contributed by atoms with Crippen LogP contribution >= 0.6 is 27.3 Å². The Morgan fingerprint density at radius 2 is 2.12 bits per heavy atom. The van der Waals surface area contributed by atoms with Crippen LogP contribution < -0.4 is 5.32 Å². The minimum Gasteiger partial charge on any atom is -0.462 e. The normalized spacial score (nSPS) is 10.8. The van der Waals surface area contributed by atoms with Crippen molar-refractivity contribution in [3.05, 3.63) is 76.0 Å². The van der Waals surface area contributed by atoms with Crippen molar-refractivity contribution in [2.45, 2.75) is 6.54 Å². The monoisotopic (exact) mass is 428 g/mol. The summed E-state index contributed by atoms with van der Waals surface area (Å²) < 4.78 is 8.04. The van der Waals surface area contributed by atoms with Crippen LogP contribution in [-0.2, 0) is 6.54 Å². The Morgan fingerprint density at radius 3 is 2.92 bits per heavy atom. The second-order valence-corrected chi connectivity index (χ2v) is 7.15. The van der Waals surface area contributed by atoms with Gasteiger partial charge in [-0.15, -0.1) is 11.3 Å². The number of anilines is 1. The van der Waals surface area contributed by atoms with Crippen molar-refractivity contribution in [3.63, 3.8) is 0 Å². The van der Waals surface area contributed by atoms with Crippen LogP contribution in [0.15, 0.2) is 69.2 Å². The molecule has 1 aromatic carbocycles. The molecule has 1 amide bonds. The van der Waals surface area contributed by atoms with Crippen LogP contribution in [0, 0.1) is 0 Å². The van der Waals surface area contributed by atoms with Crippen molar-refractivity contribution in [3.8, 4) is 10.8 Å². The molecule has 0 fully saturated rings. The molecule has 0 aliphatic heterocycles. The molecule has 0 unspecified atom stereocenters. The predicted octanol–water partition coefficient (Wildman–Crippen LogP) is 4.66. The first kappa shape index (κ1) is 16.7. The lowest BCUT2D eigenvalue weighted by Gasteiger charge is -2.09. The molecule has 4 rings (SSSR count). The third-order valence-electron chi connectivity index (χ3n) is 3.70. The Hall–Kier alpha value is -2.71. The Balaban J connectivity index is 1.51. The van der Waals surface area contributed by atoms with Gasteiger partial charge in [-0.25, -0.2) is 9.67 Å². The van der Waals surface area contributed by atoms with E-state index in [2.05, 4.69) is 31.3 Å². The molecular weight excluding hydrogens is 416 g/mol. The van der Waals surface area contributed by atoms with Crippen molar-refractivity contribution >= 4 is 39.0 Å². The highest BCUT2D eigenvalue weighted by molar-refractivity contribution is 9.10. The maximum absolute atomic E-state index is 12.5. The first-order valence-electron chi connectivity index (χ1n) is 7.76. The summed E-state index contributed by atoms with van der Waals surface area (Å²) in [6.45, 7) is 0.540. The van der Waals surface area contributed by atoms with Gasteiger partial charge in [-0.1, -0.05) is 34.1 Å². The van der Waals surface area contributed by atoms with Gasteiger partial charge in [0.05, 0.1) is 19.0 Å². The maximum Gasteiger partial charge on any atom is 0.276 e. The topological polar surface area (TPSA) is 73.0 Å². The van der Waals surface area contributed by atoms with E-state index in [4.69, 9.17) is 4.42 Å². The van der Waals surface area contributed by atoms with Gasteiger partial charge in [-0.05, 0) is 23.8 Å². The lowest BCUT2D eigenvalue weighted by Crippen LogP contribution is -2.16. The van der Waals surface area contributed by atoms with Gasteiger partial charge in [0.25, 0.3) is 5.91 Å². The number of amides is 1. The Kier molecular flexibility index (Phi) is 4.68. The highest BCUT2D eigenvalue weighted by atomic mass is 79.9. The fraction of sp³-hybridized carbons (Fsp3) is 0.0556. The number of benzene rings is 1. The van der Waals surface area contributed by atoms with Gasteiger partial charge < -0.3 is 9.73 Å². The minimum absolute atomic E-state index is 0.284.